The van der Waals surface area contributed by atoms with Crippen LogP contribution in [0.2, 0.25) is 0 Å². The van der Waals surface area contributed by atoms with Crippen LogP contribution in [-0.4, -0.2) is 45.2 Å². The van der Waals surface area contributed by atoms with Crippen LogP contribution in [-0.2, 0) is 19.0 Å². The van der Waals surface area contributed by atoms with Gasteiger partial charge in [-0.05, 0) is 43.2 Å². The van der Waals surface area contributed by atoms with Crippen LogP contribution in [0.15, 0.2) is 28.2 Å². The maximum Gasteiger partial charge on any atom is 0.333 e. The van der Waals surface area contributed by atoms with Crippen LogP contribution < -0.4 is 4.90 Å². The smallest absolute Gasteiger partial charge is 0.333 e. The Labute approximate surface area is 144 Å². The summed E-state index contributed by atoms with van der Waals surface area (Å²) in [5, 5.41) is 0. The predicted molar refractivity (Wildman–Crippen MR) is 91.3 cm³/mol. The normalized spacial score (nSPS) is 19.8. The molecule has 2 aliphatic rings. The van der Waals surface area contributed by atoms with Gasteiger partial charge in [0.15, 0.2) is 5.79 Å². The zero-order valence-corrected chi connectivity index (χ0v) is 14.9. The van der Waals surface area contributed by atoms with Gasteiger partial charge in [0, 0.05) is 22.3 Å². The molecule has 23 heavy (non-hydrogen) atoms. The number of hydrogen-bond donors (Lipinski definition) is 0. The summed E-state index contributed by atoms with van der Waals surface area (Å²) in [5.41, 5.74) is 2.72. The molecule has 2 aliphatic heterocycles. The van der Waals surface area contributed by atoms with Gasteiger partial charge >= 0.3 is 5.97 Å². The number of methoxy groups -OCH3 is 1. The van der Waals surface area contributed by atoms with Gasteiger partial charge in [-0.3, -0.25) is 0 Å². The standard InChI is InChI=1S/C17H20BrNO4/c1-17(22-7-8-23-17)11-19-6-5-12(16(20)21-2)9-13-10-14(18)3-4-15(13)19/h3-4,9-10H,5-8,11H2,1-2H3. The molecule has 0 saturated carbocycles. The molecule has 5 nitrogen and oxygen atoms in total. The van der Waals surface area contributed by atoms with Gasteiger partial charge in [0.1, 0.15) is 0 Å². The molecule has 3 rings (SSSR count). The highest BCUT2D eigenvalue weighted by molar-refractivity contribution is 9.10. The summed E-state index contributed by atoms with van der Waals surface area (Å²) < 4.78 is 17.3. The molecule has 0 atom stereocenters. The minimum absolute atomic E-state index is 0.280. The third kappa shape index (κ3) is 3.59. The van der Waals surface area contributed by atoms with Crippen molar-refractivity contribution in [2.24, 2.45) is 0 Å². The van der Waals surface area contributed by atoms with E-state index >= 15 is 0 Å². The molecule has 1 saturated heterocycles. The number of carbonyl (C=O) groups excluding carboxylic acids is 1. The number of rotatable bonds is 3. The Hall–Kier alpha value is -1.37. The number of halogens is 1. The van der Waals surface area contributed by atoms with Crippen LogP contribution in [0.3, 0.4) is 0 Å². The maximum atomic E-state index is 12.0. The Morgan fingerprint density at radius 2 is 2.13 bits per heavy atom. The lowest BCUT2D eigenvalue weighted by Crippen LogP contribution is -2.42. The van der Waals surface area contributed by atoms with E-state index in [2.05, 4.69) is 26.9 Å². The van der Waals surface area contributed by atoms with Crippen molar-refractivity contribution >= 4 is 33.7 Å². The second-order valence-electron chi connectivity index (χ2n) is 5.87. The second-order valence-corrected chi connectivity index (χ2v) is 6.78. The van der Waals surface area contributed by atoms with E-state index < -0.39 is 5.79 Å². The molecular weight excluding hydrogens is 362 g/mol. The van der Waals surface area contributed by atoms with Gasteiger partial charge in [0.05, 0.1) is 26.9 Å². The quantitative estimate of drug-likeness (QED) is 0.753. The highest BCUT2D eigenvalue weighted by Crippen LogP contribution is 2.33. The number of fused-ring (bicyclic) bond motifs is 1. The first kappa shape index (κ1) is 16.5. The van der Waals surface area contributed by atoms with Gasteiger partial charge in [-0.15, -0.1) is 0 Å². The van der Waals surface area contributed by atoms with Gasteiger partial charge in [-0.2, -0.15) is 0 Å². The molecule has 1 aromatic rings. The van der Waals surface area contributed by atoms with E-state index in [4.69, 9.17) is 14.2 Å². The fraction of sp³-hybridized carbons (Fsp3) is 0.471. The lowest BCUT2D eigenvalue weighted by molar-refractivity contribution is -0.136. The largest absolute Gasteiger partial charge is 0.466 e. The molecular formula is C17H20BrNO4. The molecule has 0 bridgehead atoms. The van der Waals surface area contributed by atoms with Gasteiger partial charge in [-0.25, -0.2) is 4.79 Å². The van der Waals surface area contributed by atoms with Crippen molar-refractivity contribution in [3.63, 3.8) is 0 Å². The van der Waals surface area contributed by atoms with Gasteiger partial charge in [0.25, 0.3) is 0 Å². The monoisotopic (exact) mass is 381 g/mol. The molecule has 0 spiro atoms. The molecule has 0 radical (unpaired) electrons. The van der Waals surface area contributed by atoms with Crippen LogP contribution in [0.25, 0.3) is 6.08 Å². The third-order valence-electron chi connectivity index (χ3n) is 4.13. The van der Waals surface area contributed by atoms with Crippen molar-refractivity contribution in [2.45, 2.75) is 19.1 Å². The number of hydrogen-bond acceptors (Lipinski definition) is 5. The summed E-state index contributed by atoms with van der Waals surface area (Å²) in [7, 11) is 1.41. The molecule has 0 aromatic heterocycles. The Morgan fingerprint density at radius 3 is 2.83 bits per heavy atom. The zero-order chi connectivity index (χ0) is 16.4. The number of esters is 1. The topological polar surface area (TPSA) is 48.0 Å². The van der Waals surface area contributed by atoms with Crippen molar-refractivity contribution in [1.29, 1.82) is 0 Å². The van der Waals surface area contributed by atoms with Crippen LogP contribution in [0.4, 0.5) is 5.69 Å². The van der Waals surface area contributed by atoms with Gasteiger partial charge < -0.3 is 19.1 Å². The van der Waals surface area contributed by atoms with E-state index in [1.54, 1.807) is 0 Å². The predicted octanol–water partition coefficient (Wildman–Crippen LogP) is 2.98. The summed E-state index contributed by atoms with van der Waals surface area (Å²) in [5.74, 6) is -0.891. The minimum atomic E-state index is -0.611. The molecule has 2 heterocycles. The Bertz CT molecular complexity index is 637. The number of carbonyl (C=O) groups is 1. The second kappa shape index (κ2) is 6.63. The fourth-order valence-corrected chi connectivity index (χ4v) is 3.39. The van der Waals surface area contributed by atoms with Crippen molar-refractivity contribution < 1.29 is 19.0 Å². The number of benzene rings is 1. The Kier molecular flexibility index (Phi) is 4.75. The lowest BCUT2D eigenvalue weighted by atomic mass is 10.1. The number of anilines is 1. The van der Waals surface area contributed by atoms with Gasteiger partial charge in [-0.1, -0.05) is 15.9 Å². The molecule has 0 N–H and O–H groups in total. The van der Waals surface area contributed by atoms with Crippen LogP contribution in [0.5, 0.6) is 0 Å². The van der Waals surface area contributed by atoms with E-state index in [1.807, 2.05) is 25.1 Å². The number of ether oxygens (including phenoxy) is 3. The molecule has 0 unspecified atom stereocenters. The van der Waals surface area contributed by atoms with E-state index in [9.17, 15) is 4.79 Å². The minimum Gasteiger partial charge on any atom is -0.466 e. The molecule has 1 aromatic carbocycles. The third-order valence-corrected chi connectivity index (χ3v) is 4.63. The number of nitrogens with zero attached hydrogens (tertiary/aromatic N) is 1. The first-order chi connectivity index (χ1) is 11.0. The summed E-state index contributed by atoms with van der Waals surface area (Å²) in [6, 6.07) is 6.06. The van der Waals surface area contributed by atoms with Crippen molar-refractivity contribution in [3.8, 4) is 0 Å². The van der Waals surface area contributed by atoms with E-state index in [-0.39, 0.29) is 5.97 Å². The van der Waals surface area contributed by atoms with Gasteiger partial charge in [0.2, 0.25) is 0 Å². The Balaban J connectivity index is 1.93. The van der Waals surface area contributed by atoms with E-state index in [0.29, 0.717) is 38.3 Å². The average molecular weight is 382 g/mol. The molecule has 6 heteroatoms. The van der Waals surface area contributed by atoms with Crippen LogP contribution in [0.1, 0.15) is 18.9 Å². The molecule has 0 amide bonds. The van der Waals surface area contributed by atoms with Crippen molar-refractivity contribution in [3.05, 3.63) is 33.8 Å². The van der Waals surface area contributed by atoms with Crippen LogP contribution in [0, 0.1) is 0 Å². The van der Waals surface area contributed by atoms with Crippen molar-refractivity contribution in [2.75, 3.05) is 38.3 Å². The summed E-state index contributed by atoms with van der Waals surface area (Å²) in [6.45, 7) is 4.51. The highest BCUT2D eigenvalue weighted by Gasteiger charge is 2.34. The van der Waals surface area contributed by atoms with E-state index in [0.717, 1.165) is 15.7 Å². The molecule has 0 aliphatic carbocycles. The van der Waals surface area contributed by atoms with Crippen LogP contribution >= 0.6 is 15.9 Å². The van der Waals surface area contributed by atoms with Crippen molar-refractivity contribution in [1.82, 2.24) is 0 Å². The lowest BCUT2D eigenvalue weighted by Gasteiger charge is -2.32. The molecule has 1 fully saturated rings. The summed E-state index contributed by atoms with van der Waals surface area (Å²) in [4.78, 5) is 14.2. The van der Waals surface area contributed by atoms with E-state index in [1.165, 1.54) is 7.11 Å². The fourth-order valence-electron chi connectivity index (χ4n) is 3.02. The highest BCUT2D eigenvalue weighted by atomic mass is 79.9. The average Bonchev–Trinajstić information content (AvgIpc) is 2.87. The summed E-state index contributed by atoms with van der Waals surface area (Å²) >= 11 is 3.50. The maximum absolute atomic E-state index is 12.0. The Morgan fingerprint density at radius 1 is 1.39 bits per heavy atom. The zero-order valence-electron chi connectivity index (χ0n) is 13.3. The first-order valence-electron chi connectivity index (χ1n) is 7.62. The summed E-state index contributed by atoms with van der Waals surface area (Å²) in [6.07, 6.45) is 2.53. The first-order valence-corrected chi connectivity index (χ1v) is 8.41. The molecule has 124 valence electrons. The SMILES string of the molecule is COC(=O)C1=Cc2cc(Br)ccc2N(CC2(C)OCCO2)CC1.